The van der Waals surface area contributed by atoms with Gasteiger partial charge in [-0.1, -0.05) is 13.3 Å². The molecule has 13 heavy (non-hydrogen) atoms. The summed E-state index contributed by atoms with van der Waals surface area (Å²) in [6.45, 7) is 3.36. The molecule has 0 spiro atoms. The number of hydrogen-bond acceptors (Lipinski definition) is 0. The van der Waals surface area contributed by atoms with Crippen molar-refractivity contribution < 1.29 is 21.5 Å². The molecule has 0 N–H and O–H groups in total. The highest BCUT2D eigenvalue weighted by atomic mass is 79.9. The van der Waals surface area contributed by atoms with Crippen molar-refractivity contribution >= 4 is 29.8 Å². The molecule has 0 aromatic carbocycles. The molecule has 1 aromatic heterocycles. The van der Waals surface area contributed by atoms with Crippen molar-refractivity contribution in [3.8, 4) is 0 Å². The van der Waals surface area contributed by atoms with Gasteiger partial charge in [0.05, 0.1) is 13.6 Å². The third-order valence-electron chi connectivity index (χ3n) is 1.59. The van der Waals surface area contributed by atoms with E-state index in [1.54, 1.807) is 0 Å². The molecule has 0 atom stereocenters. The monoisotopic (exact) mass is 284 g/mol. The second kappa shape index (κ2) is 10.6. The average Bonchev–Trinajstić information content (AvgIpc) is 2.31. The fraction of sp³-hybridized carbons (Fsp3) is 0.625. The lowest BCUT2D eigenvalue weighted by molar-refractivity contribution is -0.696. The van der Waals surface area contributed by atoms with Crippen molar-refractivity contribution in [3.63, 3.8) is 0 Å². The van der Waals surface area contributed by atoms with Crippen molar-refractivity contribution in [1.82, 2.24) is 4.57 Å². The predicted molar refractivity (Wildman–Crippen MR) is 57.7 cm³/mol. The summed E-state index contributed by atoms with van der Waals surface area (Å²) < 4.78 is 4.28. The smallest absolute Gasteiger partial charge is 0.243 e. The average molecular weight is 286 g/mol. The fourth-order valence-electron chi connectivity index (χ4n) is 0.975. The van der Waals surface area contributed by atoms with E-state index in [9.17, 15) is 0 Å². The van der Waals surface area contributed by atoms with Crippen molar-refractivity contribution in [2.24, 2.45) is 7.05 Å². The first-order valence-electron chi connectivity index (χ1n) is 3.84. The molecular formula is C8H19AlBrClN2. The fourth-order valence-corrected chi connectivity index (χ4v) is 0.975. The van der Waals surface area contributed by atoms with Crippen LogP contribution < -0.4 is 21.5 Å². The summed E-state index contributed by atoms with van der Waals surface area (Å²) >= 11 is 0. The summed E-state index contributed by atoms with van der Waals surface area (Å²) in [6, 6.07) is 0. The maximum Gasteiger partial charge on any atom is 0.243 e. The zero-order valence-corrected chi connectivity index (χ0v) is 9.94. The maximum absolute atomic E-state index is 2.21. The van der Waals surface area contributed by atoms with Gasteiger partial charge in [0.25, 0.3) is 0 Å². The number of imidazole rings is 1. The number of rotatable bonds is 3. The minimum Gasteiger partial charge on any atom is -1.00 e. The summed E-state index contributed by atoms with van der Waals surface area (Å²) in [5, 5.41) is 0. The Labute approximate surface area is 108 Å². The van der Waals surface area contributed by atoms with Gasteiger partial charge in [0.2, 0.25) is 6.33 Å². The molecule has 0 amide bonds. The largest absolute Gasteiger partial charge is 1.00 e. The van der Waals surface area contributed by atoms with Crippen LogP contribution in [0.4, 0.5) is 0 Å². The minimum absolute atomic E-state index is 0. The van der Waals surface area contributed by atoms with Gasteiger partial charge in [0, 0.05) is 0 Å². The molecule has 0 saturated carbocycles. The van der Waals surface area contributed by atoms with E-state index in [2.05, 4.69) is 34.8 Å². The van der Waals surface area contributed by atoms with E-state index < -0.39 is 0 Å². The van der Waals surface area contributed by atoms with Gasteiger partial charge < -0.3 is 17.0 Å². The number of aryl methyl sites for hydroxylation is 2. The lowest BCUT2D eigenvalue weighted by Crippen LogP contribution is -3.00. The number of nitrogens with zero attached hydrogens (tertiary/aromatic N) is 2. The Morgan fingerprint density at radius 1 is 1.38 bits per heavy atom. The molecule has 0 radical (unpaired) electrons. The van der Waals surface area contributed by atoms with Gasteiger partial charge >= 0.3 is 0 Å². The maximum atomic E-state index is 2.21. The lowest BCUT2D eigenvalue weighted by atomic mass is 10.3. The molecule has 1 aromatic rings. The highest BCUT2D eigenvalue weighted by Gasteiger charge is 1.96. The van der Waals surface area contributed by atoms with E-state index in [0.29, 0.717) is 0 Å². The van der Waals surface area contributed by atoms with Crippen LogP contribution in [-0.2, 0) is 13.6 Å². The molecule has 0 aliphatic heterocycles. The molecule has 2 nitrogen and oxygen atoms in total. The second-order valence-corrected chi connectivity index (χ2v) is 2.67. The van der Waals surface area contributed by atoms with Crippen LogP contribution >= 0.6 is 12.4 Å². The Balaban J connectivity index is -0.000000333. The predicted octanol–water partition coefficient (Wildman–Crippen LogP) is -2.65. The highest BCUT2D eigenvalue weighted by molar-refractivity contribution is 5.85. The Hall–Kier alpha value is 0.512. The van der Waals surface area contributed by atoms with E-state index in [4.69, 9.17) is 0 Å². The Bertz CT molecular complexity index is 206. The van der Waals surface area contributed by atoms with E-state index in [0.717, 1.165) is 6.54 Å². The van der Waals surface area contributed by atoms with Crippen LogP contribution in [-0.4, -0.2) is 21.9 Å². The summed E-state index contributed by atoms with van der Waals surface area (Å²) in [7, 11) is 2.04. The first-order chi connectivity index (χ1) is 4.83. The zero-order valence-electron chi connectivity index (χ0n) is 7.53. The van der Waals surface area contributed by atoms with Crippen molar-refractivity contribution in [2.45, 2.75) is 26.3 Å². The summed E-state index contributed by atoms with van der Waals surface area (Å²) in [5.74, 6) is 0. The zero-order chi connectivity index (χ0) is 7.40. The first kappa shape index (κ1) is 19.1. The van der Waals surface area contributed by atoms with E-state index in [1.807, 2.05) is 7.05 Å². The van der Waals surface area contributed by atoms with Gasteiger partial charge in [0.15, 0.2) is 17.4 Å². The molecule has 0 fully saturated rings. The molecule has 78 valence electrons. The van der Waals surface area contributed by atoms with Gasteiger partial charge in [0.1, 0.15) is 12.4 Å². The number of unbranched alkanes of at least 4 members (excludes halogenated alkanes) is 1. The summed E-state index contributed by atoms with van der Waals surface area (Å²) in [5.41, 5.74) is 0. The molecule has 0 unspecified atom stereocenters. The lowest BCUT2D eigenvalue weighted by Gasteiger charge is -1.90. The van der Waals surface area contributed by atoms with E-state index in [-0.39, 0.29) is 46.7 Å². The van der Waals surface area contributed by atoms with Crippen LogP contribution in [0.5, 0.6) is 0 Å². The molecule has 1 rings (SSSR count). The third kappa shape index (κ3) is 7.57. The first-order valence-corrected chi connectivity index (χ1v) is 3.84. The molecule has 0 bridgehead atoms. The van der Waals surface area contributed by atoms with Gasteiger partial charge in [-0.05, 0) is 6.42 Å². The van der Waals surface area contributed by atoms with Crippen LogP contribution in [0.2, 0.25) is 0 Å². The number of halogens is 2. The quantitative estimate of drug-likeness (QED) is 0.424. The Kier molecular flexibility index (Phi) is 15.6. The third-order valence-corrected chi connectivity index (χ3v) is 1.59. The molecule has 0 aliphatic rings. The standard InChI is InChI=1S/C8H15N2.Al.BrH.ClH.3H/c1-3-4-5-10-7-6-9(2)8-10;;;;;;/h6-8H,3-5H2,1-2H3;;2*1H;;;/q+1;;;;;;/p-1. The van der Waals surface area contributed by atoms with Crippen LogP contribution in [0.1, 0.15) is 19.8 Å². The number of aromatic nitrogens is 2. The van der Waals surface area contributed by atoms with Crippen LogP contribution in [0.3, 0.4) is 0 Å². The molecular weight excluding hydrogens is 266 g/mol. The van der Waals surface area contributed by atoms with Crippen molar-refractivity contribution in [1.29, 1.82) is 0 Å². The van der Waals surface area contributed by atoms with Crippen molar-refractivity contribution in [3.05, 3.63) is 18.7 Å². The SMILES string of the molecule is CCCC[n+]1ccn(C)c1.Cl.[AlH3].[Br-]. The topological polar surface area (TPSA) is 8.81 Å². The Morgan fingerprint density at radius 3 is 2.38 bits per heavy atom. The molecule has 0 saturated heterocycles. The summed E-state index contributed by atoms with van der Waals surface area (Å²) in [6.07, 6.45) is 8.82. The van der Waals surface area contributed by atoms with Crippen LogP contribution in [0, 0.1) is 0 Å². The molecule has 0 aliphatic carbocycles. The number of hydrogen-bond donors (Lipinski definition) is 0. The molecule has 1 heterocycles. The van der Waals surface area contributed by atoms with Crippen LogP contribution in [0.15, 0.2) is 18.7 Å². The Morgan fingerprint density at radius 2 is 2.00 bits per heavy atom. The second-order valence-electron chi connectivity index (χ2n) is 2.67. The molecule has 5 heteroatoms. The van der Waals surface area contributed by atoms with Gasteiger partial charge in [-0.2, -0.15) is 0 Å². The minimum atomic E-state index is 0. The van der Waals surface area contributed by atoms with Crippen molar-refractivity contribution in [2.75, 3.05) is 0 Å². The highest BCUT2D eigenvalue weighted by Crippen LogP contribution is 1.85. The van der Waals surface area contributed by atoms with Gasteiger partial charge in [-0.25, -0.2) is 9.13 Å². The van der Waals surface area contributed by atoms with Gasteiger partial charge in [-0.15, -0.1) is 12.4 Å². The van der Waals surface area contributed by atoms with Crippen LogP contribution in [0.25, 0.3) is 0 Å². The van der Waals surface area contributed by atoms with E-state index in [1.165, 1.54) is 12.8 Å². The normalized spacial score (nSPS) is 7.85. The summed E-state index contributed by atoms with van der Waals surface area (Å²) in [4.78, 5) is 0. The van der Waals surface area contributed by atoms with E-state index >= 15 is 0 Å². The van der Waals surface area contributed by atoms with Gasteiger partial charge in [-0.3, -0.25) is 0 Å².